The van der Waals surface area contributed by atoms with Gasteiger partial charge in [0.05, 0.1) is 7.11 Å². The molecule has 0 aromatic carbocycles. The van der Waals surface area contributed by atoms with Gasteiger partial charge in [-0.25, -0.2) is 0 Å². The summed E-state index contributed by atoms with van der Waals surface area (Å²) >= 11 is 0. The first-order valence-corrected chi connectivity index (χ1v) is 6.08. The van der Waals surface area contributed by atoms with Crippen molar-refractivity contribution in [1.29, 1.82) is 0 Å². The molecule has 0 N–H and O–H groups in total. The Morgan fingerprint density at radius 3 is 2.73 bits per heavy atom. The minimum Gasteiger partial charge on any atom is -0.484 e. The standard InChI is InChI=1S/C12H21NO2/c1-14-12-11(4-2-3-7-13-12)10-5-8-15-9-6-10/h10-11H,2-9H2,1H3. The van der Waals surface area contributed by atoms with Gasteiger partial charge in [-0.05, 0) is 31.6 Å². The van der Waals surface area contributed by atoms with Crippen LogP contribution in [0.5, 0.6) is 0 Å². The first-order valence-electron chi connectivity index (χ1n) is 6.08. The van der Waals surface area contributed by atoms with Gasteiger partial charge >= 0.3 is 0 Å². The highest BCUT2D eigenvalue weighted by Crippen LogP contribution is 2.30. The highest BCUT2D eigenvalue weighted by molar-refractivity contribution is 5.79. The second-order valence-electron chi connectivity index (χ2n) is 4.48. The summed E-state index contributed by atoms with van der Waals surface area (Å²) in [5.41, 5.74) is 0. The fourth-order valence-corrected chi connectivity index (χ4v) is 2.68. The van der Waals surface area contributed by atoms with E-state index in [2.05, 4.69) is 4.99 Å². The van der Waals surface area contributed by atoms with Crippen LogP contribution in [0.25, 0.3) is 0 Å². The molecule has 0 radical (unpaired) electrons. The average Bonchev–Trinajstić information content (AvgIpc) is 2.55. The fourth-order valence-electron chi connectivity index (χ4n) is 2.68. The molecular weight excluding hydrogens is 190 g/mol. The van der Waals surface area contributed by atoms with E-state index in [0.717, 1.165) is 31.6 Å². The molecule has 1 saturated heterocycles. The van der Waals surface area contributed by atoms with E-state index in [9.17, 15) is 0 Å². The average molecular weight is 211 g/mol. The number of rotatable bonds is 1. The van der Waals surface area contributed by atoms with Crippen molar-refractivity contribution in [3.63, 3.8) is 0 Å². The Labute approximate surface area is 91.9 Å². The molecule has 0 aromatic heterocycles. The van der Waals surface area contributed by atoms with Crippen LogP contribution in [-0.4, -0.2) is 32.8 Å². The Balaban J connectivity index is 2.02. The van der Waals surface area contributed by atoms with Crippen LogP contribution in [0.2, 0.25) is 0 Å². The van der Waals surface area contributed by atoms with E-state index in [1.807, 2.05) is 0 Å². The summed E-state index contributed by atoms with van der Waals surface area (Å²) in [6.45, 7) is 2.78. The number of nitrogens with zero attached hydrogens (tertiary/aromatic N) is 1. The van der Waals surface area contributed by atoms with Gasteiger partial charge in [0.2, 0.25) is 0 Å². The normalized spacial score (nSPS) is 29.4. The smallest absolute Gasteiger partial charge is 0.186 e. The van der Waals surface area contributed by atoms with Gasteiger partial charge in [0, 0.05) is 25.7 Å². The summed E-state index contributed by atoms with van der Waals surface area (Å²) in [7, 11) is 1.76. The summed E-state index contributed by atoms with van der Waals surface area (Å²) in [5.74, 6) is 2.29. The summed E-state index contributed by atoms with van der Waals surface area (Å²) < 4.78 is 10.9. The van der Waals surface area contributed by atoms with Gasteiger partial charge in [-0.15, -0.1) is 0 Å². The molecule has 1 unspecified atom stereocenters. The van der Waals surface area contributed by atoms with E-state index >= 15 is 0 Å². The Morgan fingerprint density at radius 2 is 2.00 bits per heavy atom. The summed E-state index contributed by atoms with van der Waals surface area (Å²) in [6.07, 6.45) is 6.10. The predicted molar refractivity (Wildman–Crippen MR) is 60.2 cm³/mol. The third-order valence-electron chi connectivity index (χ3n) is 3.55. The third kappa shape index (κ3) is 2.71. The van der Waals surface area contributed by atoms with E-state index in [1.165, 1.54) is 32.1 Å². The molecule has 0 saturated carbocycles. The van der Waals surface area contributed by atoms with Gasteiger partial charge in [0.25, 0.3) is 0 Å². The van der Waals surface area contributed by atoms with Crippen LogP contribution >= 0.6 is 0 Å². The van der Waals surface area contributed by atoms with Gasteiger partial charge in [0.15, 0.2) is 5.90 Å². The SMILES string of the molecule is COC1=NCCCCC1C1CCOCC1. The Bertz CT molecular complexity index is 222. The van der Waals surface area contributed by atoms with E-state index in [1.54, 1.807) is 7.11 Å². The van der Waals surface area contributed by atoms with Crippen molar-refractivity contribution < 1.29 is 9.47 Å². The van der Waals surface area contributed by atoms with Crippen molar-refractivity contribution in [3.05, 3.63) is 0 Å². The zero-order valence-electron chi connectivity index (χ0n) is 9.58. The molecule has 2 heterocycles. The highest BCUT2D eigenvalue weighted by atomic mass is 16.5. The molecule has 86 valence electrons. The summed E-state index contributed by atoms with van der Waals surface area (Å²) in [5, 5.41) is 0. The lowest BCUT2D eigenvalue weighted by atomic mass is 9.83. The fraction of sp³-hybridized carbons (Fsp3) is 0.917. The van der Waals surface area contributed by atoms with Crippen LogP contribution in [-0.2, 0) is 9.47 Å². The molecule has 0 amide bonds. The van der Waals surface area contributed by atoms with Crippen molar-refractivity contribution in [1.82, 2.24) is 0 Å². The molecule has 0 aromatic rings. The zero-order chi connectivity index (χ0) is 10.5. The van der Waals surface area contributed by atoms with Gasteiger partial charge in [-0.2, -0.15) is 0 Å². The first-order chi connectivity index (χ1) is 7.42. The molecule has 2 rings (SSSR count). The Hall–Kier alpha value is -0.570. The number of ether oxygens (including phenoxy) is 2. The van der Waals surface area contributed by atoms with Crippen LogP contribution < -0.4 is 0 Å². The molecule has 0 spiro atoms. The Morgan fingerprint density at radius 1 is 1.20 bits per heavy atom. The predicted octanol–water partition coefficient (Wildman–Crippen LogP) is 2.26. The number of methoxy groups -OCH3 is 1. The van der Waals surface area contributed by atoms with Crippen LogP contribution in [0.4, 0.5) is 0 Å². The number of hydrogen-bond acceptors (Lipinski definition) is 3. The zero-order valence-corrected chi connectivity index (χ0v) is 9.58. The van der Waals surface area contributed by atoms with Crippen LogP contribution in [0.1, 0.15) is 32.1 Å². The molecule has 0 bridgehead atoms. The second-order valence-corrected chi connectivity index (χ2v) is 4.48. The van der Waals surface area contributed by atoms with Crippen molar-refractivity contribution in [2.24, 2.45) is 16.8 Å². The molecule has 3 heteroatoms. The molecule has 15 heavy (non-hydrogen) atoms. The summed E-state index contributed by atoms with van der Waals surface area (Å²) in [4.78, 5) is 4.55. The quantitative estimate of drug-likeness (QED) is 0.666. The molecule has 2 aliphatic rings. The third-order valence-corrected chi connectivity index (χ3v) is 3.55. The van der Waals surface area contributed by atoms with Crippen molar-refractivity contribution in [2.75, 3.05) is 26.9 Å². The first kappa shape index (κ1) is 10.9. The van der Waals surface area contributed by atoms with Crippen LogP contribution in [0.3, 0.4) is 0 Å². The lowest BCUT2D eigenvalue weighted by Gasteiger charge is -2.29. The summed E-state index contributed by atoms with van der Waals surface area (Å²) in [6, 6.07) is 0. The topological polar surface area (TPSA) is 30.8 Å². The lowest BCUT2D eigenvalue weighted by molar-refractivity contribution is 0.0522. The van der Waals surface area contributed by atoms with E-state index in [4.69, 9.17) is 9.47 Å². The van der Waals surface area contributed by atoms with Gasteiger partial charge < -0.3 is 9.47 Å². The van der Waals surface area contributed by atoms with Gasteiger partial charge in [0.1, 0.15) is 0 Å². The van der Waals surface area contributed by atoms with Gasteiger partial charge in [-0.1, -0.05) is 6.42 Å². The minimum atomic E-state index is 0.557. The van der Waals surface area contributed by atoms with Gasteiger partial charge in [-0.3, -0.25) is 4.99 Å². The maximum atomic E-state index is 5.45. The van der Waals surface area contributed by atoms with Crippen LogP contribution in [0, 0.1) is 11.8 Å². The maximum absolute atomic E-state index is 5.45. The largest absolute Gasteiger partial charge is 0.484 e. The monoisotopic (exact) mass is 211 g/mol. The van der Waals surface area contributed by atoms with Crippen molar-refractivity contribution >= 4 is 5.90 Å². The van der Waals surface area contributed by atoms with Crippen molar-refractivity contribution in [2.45, 2.75) is 32.1 Å². The molecular formula is C12H21NO2. The van der Waals surface area contributed by atoms with E-state index < -0.39 is 0 Å². The Kier molecular flexibility index (Phi) is 4.01. The number of hydrogen-bond donors (Lipinski definition) is 0. The van der Waals surface area contributed by atoms with Crippen molar-refractivity contribution in [3.8, 4) is 0 Å². The minimum absolute atomic E-state index is 0.557. The maximum Gasteiger partial charge on any atom is 0.186 e. The number of aliphatic imine (C=N–C) groups is 1. The lowest BCUT2D eigenvalue weighted by Crippen LogP contribution is -2.29. The molecule has 2 aliphatic heterocycles. The molecule has 1 fully saturated rings. The molecule has 1 atom stereocenters. The molecule has 0 aliphatic carbocycles. The van der Waals surface area contributed by atoms with Crippen LogP contribution in [0.15, 0.2) is 4.99 Å². The van der Waals surface area contributed by atoms with E-state index in [-0.39, 0.29) is 0 Å². The highest BCUT2D eigenvalue weighted by Gasteiger charge is 2.29. The second kappa shape index (κ2) is 5.50. The van der Waals surface area contributed by atoms with E-state index in [0.29, 0.717) is 5.92 Å². The molecule has 3 nitrogen and oxygen atoms in total.